The number of esters is 1. The molecule has 1 saturated heterocycles. The Bertz CT molecular complexity index is 633. The van der Waals surface area contributed by atoms with Gasteiger partial charge in [-0.1, -0.05) is 6.07 Å². The van der Waals surface area contributed by atoms with E-state index >= 15 is 0 Å². The normalized spacial score (nSPS) is 17.6. The first-order valence-electron chi connectivity index (χ1n) is 8.96. The van der Waals surface area contributed by atoms with Crippen LogP contribution in [0.2, 0.25) is 0 Å². The average Bonchev–Trinajstić information content (AvgIpc) is 2.68. The molecule has 1 aromatic rings. The van der Waals surface area contributed by atoms with Gasteiger partial charge in [-0.3, -0.25) is 9.79 Å². The molecule has 0 bridgehead atoms. The van der Waals surface area contributed by atoms with Crippen LogP contribution >= 0.6 is 0 Å². The summed E-state index contributed by atoms with van der Waals surface area (Å²) in [6, 6.07) is 5.81. The highest BCUT2D eigenvalue weighted by molar-refractivity contribution is 5.81. The summed E-state index contributed by atoms with van der Waals surface area (Å²) in [6.07, 6.45) is 1.81. The Morgan fingerprint density at radius 3 is 2.73 bits per heavy atom. The molecule has 144 valence electrons. The Hall–Kier alpha value is -2.44. The number of hydrogen-bond donors (Lipinski definition) is 1. The zero-order valence-corrected chi connectivity index (χ0v) is 16.1. The summed E-state index contributed by atoms with van der Waals surface area (Å²) in [4.78, 5) is 18.5. The third-order valence-electron chi connectivity index (χ3n) is 4.45. The molecule has 1 heterocycles. The van der Waals surface area contributed by atoms with E-state index < -0.39 is 0 Å². The van der Waals surface area contributed by atoms with Gasteiger partial charge in [0.1, 0.15) is 0 Å². The molecule has 0 aromatic heterocycles. The summed E-state index contributed by atoms with van der Waals surface area (Å²) < 4.78 is 15.8. The van der Waals surface area contributed by atoms with Crippen LogP contribution in [0, 0.1) is 5.92 Å². The lowest BCUT2D eigenvalue weighted by atomic mass is 9.98. The largest absolute Gasteiger partial charge is 0.493 e. The van der Waals surface area contributed by atoms with Crippen LogP contribution in [0.15, 0.2) is 23.2 Å². The molecule has 1 aliphatic heterocycles. The zero-order valence-electron chi connectivity index (χ0n) is 16.1. The number of nitrogens with one attached hydrogen (secondary N) is 1. The maximum absolute atomic E-state index is 12.0. The van der Waals surface area contributed by atoms with Crippen LogP contribution in [0.5, 0.6) is 11.5 Å². The number of aliphatic imine (C=N–C) groups is 1. The van der Waals surface area contributed by atoms with Gasteiger partial charge in [0.15, 0.2) is 17.5 Å². The van der Waals surface area contributed by atoms with Crippen molar-refractivity contribution in [2.75, 3.05) is 41.0 Å². The molecule has 1 aromatic carbocycles. The fourth-order valence-electron chi connectivity index (χ4n) is 3.13. The zero-order chi connectivity index (χ0) is 18.9. The van der Waals surface area contributed by atoms with Crippen molar-refractivity contribution >= 4 is 11.9 Å². The van der Waals surface area contributed by atoms with E-state index in [9.17, 15) is 4.79 Å². The molecule has 26 heavy (non-hydrogen) atoms. The van der Waals surface area contributed by atoms with Crippen LogP contribution in [-0.2, 0) is 16.1 Å². The van der Waals surface area contributed by atoms with Gasteiger partial charge in [0.25, 0.3) is 0 Å². The summed E-state index contributed by atoms with van der Waals surface area (Å²) in [7, 11) is 5.00. The lowest BCUT2D eigenvalue weighted by Gasteiger charge is -2.34. The van der Waals surface area contributed by atoms with E-state index in [4.69, 9.17) is 14.2 Å². The second-order valence-electron chi connectivity index (χ2n) is 6.13. The first kappa shape index (κ1) is 19.9. The molecule has 1 atom stereocenters. The second-order valence-corrected chi connectivity index (χ2v) is 6.13. The van der Waals surface area contributed by atoms with Gasteiger partial charge in [-0.05, 0) is 37.5 Å². The minimum Gasteiger partial charge on any atom is -0.493 e. The van der Waals surface area contributed by atoms with Gasteiger partial charge < -0.3 is 24.4 Å². The number of carbonyl (C=O) groups excluding carboxylic acids is 1. The smallest absolute Gasteiger partial charge is 0.310 e. The maximum Gasteiger partial charge on any atom is 0.310 e. The fraction of sp³-hybridized carbons (Fsp3) is 0.579. The molecule has 0 amide bonds. The SMILES string of the molecule is CCOC(=O)C1CCCN(C(=NC)NCc2ccc(OC)c(OC)c2)C1. The van der Waals surface area contributed by atoms with Gasteiger partial charge in [-0.15, -0.1) is 0 Å². The van der Waals surface area contributed by atoms with E-state index in [1.54, 1.807) is 21.3 Å². The second kappa shape index (κ2) is 9.89. The minimum absolute atomic E-state index is 0.0941. The van der Waals surface area contributed by atoms with Crippen molar-refractivity contribution in [2.45, 2.75) is 26.3 Å². The monoisotopic (exact) mass is 363 g/mol. The summed E-state index contributed by atoms with van der Waals surface area (Å²) >= 11 is 0. The summed E-state index contributed by atoms with van der Waals surface area (Å²) in [5, 5.41) is 3.36. The Kier molecular flexibility index (Phi) is 7.56. The van der Waals surface area contributed by atoms with Gasteiger partial charge >= 0.3 is 5.97 Å². The van der Waals surface area contributed by atoms with E-state index in [1.165, 1.54) is 0 Å². The summed E-state index contributed by atoms with van der Waals surface area (Å²) in [6.45, 7) is 4.36. The minimum atomic E-state index is -0.118. The molecule has 1 fully saturated rings. The van der Waals surface area contributed by atoms with Gasteiger partial charge in [0.05, 0.1) is 26.7 Å². The van der Waals surface area contributed by atoms with Crippen molar-refractivity contribution in [3.8, 4) is 11.5 Å². The lowest BCUT2D eigenvalue weighted by Crippen LogP contribution is -2.48. The molecule has 0 aliphatic carbocycles. The van der Waals surface area contributed by atoms with Gasteiger partial charge in [0.2, 0.25) is 0 Å². The van der Waals surface area contributed by atoms with E-state index in [-0.39, 0.29) is 11.9 Å². The molecular formula is C19H29N3O4. The summed E-state index contributed by atoms with van der Waals surface area (Å²) in [5.74, 6) is 1.97. The van der Waals surface area contributed by atoms with Crippen LogP contribution in [0.25, 0.3) is 0 Å². The van der Waals surface area contributed by atoms with Crippen LogP contribution in [0.3, 0.4) is 0 Å². The molecule has 0 saturated carbocycles. The number of likely N-dealkylation sites (tertiary alicyclic amines) is 1. The summed E-state index contributed by atoms with van der Waals surface area (Å²) in [5.41, 5.74) is 1.06. The molecule has 7 heteroatoms. The molecule has 1 unspecified atom stereocenters. The number of benzene rings is 1. The Labute approximate surface area is 155 Å². The third-order valence-corrected chi connectivity index (χ3v) is 4.45. The standard InChI is InChI=1S/C19H29N3O4/c1-5-26-18(23)15-7-6-10-22(13-15)19(20-2)21-12-14-8-9-16(24-3)17(11-14)25-4/h8-9,11,15H,5-7,10,12-13H2,1-4H3,(H,20,21). The average molecular weight is 363 g/mol. The molecule has 1 N–H and O–H groups in total. The number of methoxy groups -OCH3 is 2. The predicted molar refractivity (Wildman–Crippen MR) is 101 cm³/mol. The molecule has 0 radical (unpaired) electrons. The van der Waals surface area contributed by atoms with Crippen molar-refractivity contribution in [3.63, 3.8) is 0 Å². The number of nitrogens with zero attached hydrogens (tertiary/aromatic N) is 2. The Morgan fingerprint density at radius 2 is 2.08 bits per heavy atom. The number of hydrogen-bond acceptors (Lipinski definition) is 5. The first-order chi connectivity index (χ1) is 12.6. The van der Waals surface area contributed by atoms with E-state index in [2.05, 4.69) is 15.2 Å². The van der Waals surface area contributed by atoms with Crippen molar-refractivity contribution in [1.29, 1.82) is 0 Å². The van der Waals surface area contributed by atoms with Crippen molar-refractivity contribution < 1.29 is 19.0 Å². The molecule has 2 rings (SSSR count). The van der Waals surface area contributed by atoms with Gasteiger partial charge in [-0.25, -0.2) is 0 Å². The van der Waals surface area contributed by atoms with Gasteiger partial charge in [0, 0.05) is 26.7 Å². The van der Waals surface area contributed by atoms with Crippen LogP contribution in [0.1, 0.15) is 25.3 Å². The predicted octanol–water partition coefficient (Wildman–Crippen LogP) is 2.05. The number of piperidine rings is 1. The van der Waals surface area contributed by atoms with Crippen molar-refractivity contribution in [1.82, 2.24) is 10.2 Å². The van der Waals surface area contributed by atoms with Crippen LogP contribution in [0.4, 0.5) is 0 Å². The Balaban J connectivity index is 1.98. The highest BCUT2D eigenvalue weighted by Gasteiger charge is 2.28. The van der Waals surface area contributed by atoms with E-state index in [0.717, 1.165) is 30.9 Å². The maximum atomic E-state index is 12.0. The molecule has 0 spiro atoms. The lowest BCUT2D eigenvalue weighted by molar-refractivity contribution is -0.149. The van der Waals surface area contributed by atoms with E-state index in [0.29, 0.717) is 31.2 Å². The third kappa shape index (κ3) is 5.03. The fourth-order valence-corrected chi connectivity index (χ4v) is 3.13. The topological polar surface area (TPSA) is 72.4 Å². The Morgan fingerprint density at radius 1 is 1.31 bits per heavy atom. The highest BCUT2D eigenvalue weighted by atomic mass is 16.5. The quantitative estimate of drug-likeness (QED) is 0.474. The number of carbonyl (C=O) groups is 1. The van der Waals surface area contributed by atoms with Gasteiger partial charge in [-0.2, -0.15) is 0 Å². The number of rotatable bonds is 6. The van der Waals surface area contributed by atoms with Crippen molar-refractivity contribution in [2.24, 2.45) is 10.9 Å². The molecule has 7 nitrogen and oxygen atoms in total. The number of guanidine groups is 1. The van der Waals surface area contributed by atoms with Crippen molar-refractivity contribution in [3.05, 3.63) is 23.8 Å². The molecular weight excluding hydrogens is 334 g/mol. The van der Waals surface area contributed by atoms with E-state index in [1.807, 2.05) is 25.1 Å². The molecule has 1 aliphatic rings. The van der Waals surface area contributed by atoms with Crippen LogP contribution in [-0.4, -0.2) is 57.8 Å². The van der Waals surface area contributed by atoms with Crippen LogP contribution < -0.4 is 14.8 Å². The number of ether oxygens (including phenoxy) is 3. The first-order valence-corrected chi connectivity index (χ1v) is 8.96. The highest BCUT2D eigenvalue weighted by Crippen LogP contribution is 2.27.